The molecule has 0 atom stereocenters. The molecule has 3 aliphatic rings. The Bertz CT molecular complexity index is 5450. The van der Waals surface area contributed by atoms with Crippen LogP contribution in [0.25, 0.3) is 70.6 Å². The Morgan fingerprint density at radius 1 is 0.347 bits per heavy atom. The molecule has 0 spiro atoms. The van der Waals surface area contributed by atoms with Crippen LogP contribution in [0.4, 0.5) is 17.6 Å². The van der Waals surface area contributed by atoms with Crippen LogP contribution >= 0.6 is 11.6 Å². The highest BCUT2D eigenvalue weighted by Crippen LogP contribution is 2.35. The summed E-state index contributed by atoms with van der Waals surface area (Å²) in [6.07, 6.45) is 19.2. The van der Waals surface area contributed by atoms with E-state index < -0.39 is 0 Å². The third kappa shape index (κ3) is 29.8. The maximum absolute atomic E-state index is 13.1. The lowest BCUT2D eigenvalue weighted by Gasteiger charge is -2.19. The van der Waals surface area contributed by atoms with Crippen LogP contribution in [0.3, 0.4) is 0 Å². The number of fused-ring (bicyclic) bond motifs is 8. The molecule has 0 saturated carbocycles. The van der Waals surface area contributed by atoms with Crippen molar-refractivity contribution < 1.29 is 41.2 Å². The van der Waals surface area contributed by atoms with Crippen molar-refractivity contribution >= 4 is 82.2 Å². The Hall–Kier alpha value is -11.1. The largest absolute Gasteiger partial charge is 0.493 e. The van der Waals surface area contributed by atoms with Gasteiger partial charge in [0, 0.05) is 5.02 Å². The molecule has 0 unspecified atom stereocenters. The van der Waals surface area contributed by atoms with E-state index in [4.69, 9.17) is 35.3 Å². The van der Waals surface area contributed by atoms with Gasteiger partial charge in [0.05, 0.1) is 19.8 Å². The van der Waals surface area contributed by atoms with Crippen LogP contribution in [0, 0.1) is 40.5 Å². The van der Waals surface area contributed by atoms with Crippen LogP contribution < -0.4 is 23.7 Å². The van der Waals surface area contributed by atoms with Crippen LogP contribution in [0.5, 0.6) is 28.7 Å². The first-order valence-electron chi connectivity index (χ1n) is 41.5. The average molecular weight is 1610 g/mol. The molecule has 10 heteroatoms. The zero-order valence-electron chi connectivity index (χ0n) is 71.1. The van der Waals surface area contributed by atoms with Gasteiger partial charge in [-0.15, -0.1) is 0 Å². The lowest BCUT2D eigenvalue weighted by Crippen LogP contribution is -2.16. The molecule has 5 nitrogen and oxygen atoms in total. The summed E-state index contributed by atoms with van der Waals surface area (Å²) in [7, 11) is 0. The predicted octanol–water partition coefficient (Wildman–Crippen LogP) is 31.5. The second-order valence-corrected chi connectivity index (χ2v) is 32.8. The molecule has 0 radical (unpaired) electrons. The minimum absolute atomic E-state index is 0.122. The van der Waals surface area contributed by atoms with Gasteiger partial charge in [0.1, 0.15) is 65.2 Å². The Morgan fingerprint density at radius 3 is 1.04 bits per heavy atom. The maximum atomic E-state index is 13.1. The SMILES string of the molecule is C=C(C)COc1ccc2ccc(F)cc2c1.C=C(C)COc1ccc2ccccc2c1.CC(C)(C)COc1ccc2ccc(F)cc2c1.CC(C)COc1ccc2ccc(F)cc2c1.CC(C)COc1ccc2ccc(F)cc2c1.CCCC1=CCc2ccc(Cl)cc21.CCCC1=CCc2ccccc21.CCCCC1=CCc2ccccc21. The zero-order chi connectivity index (χ0) is 84.5. The van der Waals surface area contributed by atoms with Crippen LogP contribution in [-0.4, -0.2) is 33.0 Å². The molecule has 16 rings (SSSR count). The molecular formula is C108H117ClF4O5. The number of unbranched alkanes of at least 4 members (excludes halogenated alkanes) is 1. The number of benzene rings is 13. The van der Waals surface area contributed by atoms with E-state index in [2.05, 4.69) is 186 Å². The van der Waals surface area contributed by atoms with E-state index in [0.29, 0.717) is 44.9 Å². The normalized spacial score (nSPS) is 11.9. The van der Waals surface area contributed by atoms with E-state index >= 15 is 0 Å². The first-order chi connectivity index (χ1) is 56.8. The monoisotopic (exact) mass is 1600 g/mol. The van der Waals surface area contributed by atoms with E-state index in [1.165, 1.54) is 143 Å². The van der Waals surface area contributed by atoms with Crippen molar-refractivity contribution in [2.45, 2.75) is 147 Å². The molecule has 118 heavy (non-hydrogen) atoms. The zero-order valence-corrected chi connectivity index (χ0v) is 71.8. The van der Waals surface area contributed by atoms with Crippen molar-refractivity contribution in [1.29, 1.82) is 0 Å². The Morgan fingerprint density at radius 2 is 0.669 bits per heavy atom. The van der Waals surface area contributed by atoms with Crippen LogP contribution in [0.15, 0.2) is 297 Å². The standard InChI is InChI=1S/C15H17FO.2C14H15FO.C14H13FO.C14H14O.C13H16.C12H13Cl.C12H14/c1-15(2,3)10-17-14-7-5-11-4-6-13(16)8-12(11)9-14;3*1-10(2)9-16-14-6-4-11-3-5-13(15)7-12(11)8-14;1-11(2)10-15-14-8-7-12-5-3-4-6-13(12)9-14;1-2-3-6-11-9-10-12-7-4-5-8-13(11)12;1-2-3-9-4-5-10-6-7-11(13)8-12(9)10;1-2-5-10-8-9-11-6-3-4-7-12(10)11/h4-9H,10H2,1-3H3;2*3-8,10H,9H2,1-2H3;3-8H,1,9H2,2H3;3-9H,1,10H2,2H3;4-5,7-9H,2-3,6,10H2,1H3;4,6-8H,2-3,5H2,1H3;3-4,6-8H,2,5,9H2,1H3. The van der Waals surface area contributed by atoms with Gasteiger partial charge < -0.3 is 23.7 Å². The number of hydrogen-bond donors (Lipinski definition) is 0. The Balaban J connectivity index is 0.000000154. The van der Waals surface area contributed by atoms with Crippen LogP contribution in [0.2, 0.25) is 5.02 Å². The van der Waals surface area contributed by atoms with Crippen molar-refractivity contribution in [2.24, 2.45) is 17.3 Å². The topological polar surface area (TPSA) is 46.2 Å². The summed E-state index contributed by atoms with van der Waals surface area (Å²) in [5, 5.41) is 10.8. The van der Waals surface area contributed by atoms with Gasteiger partial charge in [-0.25, -0.2) is 17.6 Å². The molecule has 0 aromatic heterocycles. The summed E-state index contributed by atoms with van der Waals surface area (Å²) in [6.45, 7) is 36.0. The van der Waals surface area contributed by atoms with E-state index in [1.807, 2.05) is 111 Å². The Kier molecular flexibility index (Phi) is 35.5. The molecule has 0 fully saturated rings. The first kappa shape index (κ1) is 90.8. The highest BCUT2D eigenvalue weighted by molar-refractivity contribution is 6.30. The number of halogens is 5. The number of rotatable bonds is 21. The maximum Gasteiger partial charge on any atom is 0.123 e. The van der Waals surface area contributed by atoms with Gasteiger partial charge in [-0.3, -0.25) is 0 Å². The summed E-state index contributed by atoms with van der Waals surface area (Å²) in [6, 6.07) is 80.0. The second kappa shape index (κ2) is 46.1. The van der Waals surface area contributed by atoms with Gasteiger partial charge in [0.15, 0.2) is 0 Å². The van der Waals surface area contributed by atoms with E-state index in [0.717, 1.165) is 107 Å². The molecule has 3 aliphatic carbocycles. The fourth-order valence-corrected chi connectivity index (χ4v) is 13.5. The second-order valence-electron chi connectivity index (χ2n) is 32.4. The van der Waals surface area contributed by atoms with Gasteiger partial charge in [0.2, 0.25) is 0 Å². The van der Waals surface area contributed by atoms with Gasteiger partial charge in [-0.2, -0.15) is 0 Å². The molecule has 0 amide bonds. The highest BCUT2D eigenvalue weighted by atomic mass is 35.5. The summed E-state index contributed by atoms with van der Waals surface area (Å²) in [5.74, 6) is 4.12. The summed E-state index contributed by atoms with van der Waals surface area (Å²) in [4.78, 5) is 0. The van der Waals surface area contributed by atoms with E-state index in [1.54, 1.807) is 35.4 Å². The first-order valence-corrected chi connectivity index (χ1v) is 41.9. The van der Waals surface area contributed by atoms with Crippen molar-refractivity contribution in [3.05, 3.63) is 359 Å². The average Bonchev–Trinajstić information content (AvgIpc) is 1.68. The van der Waals surface area contributed by atoms with E-state index in [9.17, 15) is 17.6 Å². The third-order valence-corrected chi connectivity index (χ3v) is 19.5. The molecule has 614 valence electrons. The minimum atomic E-state index is -0.232. The van der Waals surface area contributed by atoms with Crippen molar-refractivity contribution in [3.63, 3.8) is 0 Å². The highest BCUT2D eigenvalue weighted by Gasteiger charge is 2.16. The fourth-order valence-electron chi connectivity index (χ4n) is 13.3. The molecule has 0 bridgehead atoms. The number of ether oxygens (including phenoxy) is 5. The third-order valence-electron chi connectivity index (χ3n) is 19.3. The van der Waals surface area contributed by atoms with Gasteiger partial charge in [-0.1, -0.05) is 265 Å². The smallest absolute Gasteiger partial charge is 0.123 e. The molecule has 0 N–H and O–H groups in total. The predicted molar refractivity (Wildman–Crippen MR) is 495 cm³/mol. The van der Waals surface area contributed by atoms with Gasteiger partial charge in [-0.05, 0) is 312 Å². The molecule has 0 aliphatic heterocycles. The Labute approximate surface area is 704 Å². The fraction of sp³-hybridized carbons (Fsp3) is 0.278. The lowest BCUT2D eigenvalue weighted by atomic mass is 9.99. The van der Waals surface area contributed by atoms with Crippen molar-refractivity contribution in [2.75, 3.05) is 33.0 Å². The summed E-state index contributed by atoms with van der Waals surface area (Å²) >= 11 is 5.96. The number of hydrogen-bond acceptors (Lipinski definition) is 5. The summed E-state index contributed by atoms with van der Waals surface area (Å²) < 4.78 is 80.2. The van der Waals surface area contributed by atoms with Gasteiger partial charge >= 0.3 is 0 Å². The minimum Gasteiger partial charge on any atom is -0.493 e. The van der Waals surface area contributed by atoms with Crippen LogP contribution in [-0.2, 0) is 19.3 Å². The van der Waals surface area contributed by atoms with Gasteiger partial charge in [0.25, 0.3) is 0 Å². The van der Waals surface area contributed by atoms with Crippen molar-refractivity contribution in [1.82, 2.24) is 0 Å². The lowest BCUT2D eigenvalue weighted by molar-refractivity contribution is 0.198. The summed E-state index contributed by atoms with van der Waals surface area (Å²) in [5.41, 5.74) is 15.5. The molecule has 13 aromatic carbocycles. The molecule has 0 saturated heterocycles. The number of allylic oxidation sites excluding steroid dienone is 6. The molecule has 13 aromatic rings. The quantitative estimate of drug-likeness (QED) is 0.0530. The van der Waals surface area contributed by atoms with Crippen LogP contribution in [0.1, 0.15) is 161 Å². The molecular weight excluding hydrogens is 1490 g/mol. The molecule has 0 heterocycles. The van der Waals surface area contributed by atoms with E-state index in [-0.39, 0.29) is 28.7 Å². The van der Waals surface area contributed by atoms with Crippen molar-refractivity contribution in [3.8, 4) is 28.7 Å².